The summed E-state index contributed by atoms with van der Waals surface area (Å²) in [5.74, 6) is -5.92. The van der Waals surface area contributed by atoms with Crippen molar-refractivity contribution in [3.05, 3.63) is 59.7 Å². The highest BCUT2D eigenvalue weighted by Gasteiger charge is 2.41. The van der Waals surface area contributed by atoms with Crippen LogP contribution in [-0.2, 0) is 79.6 Å². The first-order chi connectivity index (χ1) is 38.2. The van der Waals surface area contributed by atoms with Gasteiger partial charge in [-0.15, -0.1) is 0 Å². The number of likely N-dealkylation sites (N-methyl/N-ethyl adjacent to an activating group) is 4. The van der Waals surface area contributed by atoms with E-state index in [1.807, 2.05) is 104 Å². The fourth-order valence-electron chi connectivity index (χ4n) is 9.78. The largest absolute Gasteiger partial charge is 0.453 e. The fourth-order valence-corrected chi connectivity index (χ4v) is 9.78. The SMILES string of the molecule is CN[C@@H](CC(C)C)C(=O)O[C@H](Cc1ccc(N2CCOCC2)cc1)C(=O)N(C)[C@@H](CC(C)C)C(=O)O[C@H](C)C(=O)N(C)[C@@H](CC(C)C)C(=O)O[C@H](Cc1ccc(N2CCOCC2)cc1)C(=O)N(C)[C@@H](CC(C)C)C(=O)O[C@H](C)C(C)=O. The Morgan fingerprint density at radius 2 is 0.790 bits per heavy atom. The Bertz CT molecular complexity index is 2370. The molecule has 1 N–H and O–H groups in total. The second-order valence-electron chi connectivity index (χ2n) is 23.3. The van der Waals surface area contributed by atoms with Crippen molar-refractivity contribution in [3.63, 3.8) is 0 Å². The number of nitrogens with zero attached hydrogens (tertiary/aromatic N) is 5. The van der Waals surface area contributed by atoms with E-state index in [2.05, 4.69) is 15.1 Å². The topological polar surface area (TPSA) is 220 Å². The minimum atomic E-state index is -1.49. The summed E-state index contributed by atoms with van der Waals surface area (Å²) in [4.78, 5) is 121. The molecule has 20 heteroatoms. The Morgan fingerprint density at radius 1 is 0.469 bits per heavy atom. The minimum Gasteiger partial charge on any atom is -0.453 e. The van der Waals surface area contributed by atoms with E-state index in [0.717, 1.165) is 34.9 Å². The van der Waals surface area contributed by atoms with Crippen LogP contribution in [0.1, 0.15) is 113 Å². The number of ether oxygens (including phenoxy) is 6. The quantitative estimate of drug-likeness (QED) is 0.0735. The maximum atomic E-state index is 14.8. The van der Waals surface area contributed by atoms with Gasteiger partial charge < -0.3 is 58.2 Å². The summed E-state index contributed by atoms with van der Waals surface area (Å²) in [7, 11) is 5.92. The van der Waals surface area contributed by atoms with Gasteiger partial charge in [-0.05, 0) is 113 Å². The molecule has 8 atom stereocenters. The highest BCUT2D eigenvalue weighted by atomic mass is 16.6. The number of hydrogen-bond acceptors (Lipinski definition) is 17. The lowest BCUT2D eigenvalue weighted by Crippen LogP contribution is -2.53. The standard InChI is InChI=1S/C61H94N6O14/c1-38(2)32-49(62-12)58(72)80-53(36-45-16-20-47(21-17-45)66-24-28-76-29-25-66)56(70)65(15)51(34-40(5)6)60(74)79-44(11)55(69)63(13)52(35-41(7)8)61(75)81-54(37-46-18-22-48(23-19-46)67-26-30-77-31-27-67)57(71)64(14)50(33-39(3)4)59(73)78-43(10)42(9)68/h16-23,38-41,43-44,49-54,62H,24-37H2,1-15H3/t43-,44-,49+,50+,51+,52+,53-,54-/m1/s1. The van der Waals surface area contributed by atoms with Crippen molar-refractivity contribution in [2.45, 2.75) is 163 Å². The molecule has 0 spiro atoms. The average molecular weight is 1140 g/mol. The van der Waals surface area contributed by atoms with Crippen LogP contribution in [0.15, 0.2) is 48.5 Å². The van der Waals surface area contributed by atoms with Crippen molar-refractivity contribution in [2.75, 3.05) is 90.6 Å². The monoisotopic (exact) mass is 1130 g/mol. The van der Waals surface area contributed by atoms with Crippen LogP contribution in [0.2, 0.25) is 0 Å². The number of hydrogen-bond donors (Lipinski definition) is 1. The van der Waals surface area contributed by atoms with Crippen LogP contribution in [0.4, 0.5) is 11.4 Å². The van der Waals surface area contributed by atoms with Crippen LogP contribution < -0.4 is 15.1 Å². The number of benzene rings is 2. The maximum absolute atomic E-state index is 14.8. The van der Waals surface area contributed by atoms with Crippen LogP contribution in [0.25, 0.3) is 0 Å². The van der Waals surface area contributed by atoms with Gasteiger partial charge >= 0.3 is 23.9 Å². The molecule has 3 amide bonds. The number of amides is 3. The summed E-state index contributed by atoms with van der Waals surface area (Å²) in [6, 6.07) is 10.9. The zero-order valence-corrected chi connectivity index (χ0v) is 50.9. The van der Waals surface area contributed by atoms with Gasteiger partial charge in [-0.1, -0.05) is 79.7 Å². The molecule has 0 aromatic heterocycles. The van der Waals surface area contributed by atoms with Gasteiger partial charge in [-0.25, -0.2) is 14.4 Å². The first kappa shape index (κ1) is 67.4. The van der Waals surface area contributed by atoms with Crippen molar-refractivity contribution in [3.8, 4) is 0 Å². The number of Topliss-reactive ketones (excluding diaryl/α,β-unsaturated/α-hetero) is 1. The van der Waals surface area contributed by atoms with Crippen LogP contribution in [0, 0.1) is 23.7 Å². The molecule has 0 bridgehead atoms. The number of esters is 4. The summed E-state index contributed by atoms with van der Waals surface area (Å²) in [5, 5.41) is 3.01. The molecule has 0 aliphatic carbocycles. The van der Waals surface area contributed by atoms with Gasteiger partial charge in [0.05, 0.1) is 26.4 Å². The van der Waals surface area contributed by atoms with Crippen molar-refractivity contribution in [1.82, 2.24) is 20.0 Å². The fraction of sp³-hybridized carbons (Fsp3) is 0.672. The Hall–Kier alpha value is -6.12. The highest BCUT2D eigenvalue weighted by molar-refractivity contribution is 5.93. The molecule has 4 rings (SSSR count). The number of morpholine rings is 2. The molecule has 2 aliphatic rings. The van der Waals surface area contributed by atoms with Gasteiger partial charge in [0.15, 0.2) is 30.2 Å². The van der Waals surface area contributed by atoms with Crippen LogP contribution >= 0.6 is 0 Å². The molecule has 20 nitrogen and oxygen atoms in total. The summed E-state index contributed by atoms with van der Waals surface area (Å²) in [5.41, 5.74) is 3.32. The Morgan fingerprint density at radius 3 is 1.12 bits per heavy atom. The van der Waals surface area contributed by atoms with Crippen molar-refractivity contribution >= 4 is 58.8 Å². The zero-order chi connectivity index (χ0) is 60.2. The number of carbonyl (C=O) groups excluding carboxylic acids is 8. The number of nitrogens with one attached hydrogen (secondary N) is 1. The van der Waals surface area contributed by atoms with Gasteiger partial charge in [0.25, 0.3) is 17.7 Å². The molecule has 2 aromatic carbocycles. The lowest BCUT2D eigenvalue weighted by molar-refractivity contribution is -0.174. The smallest absolute Gasteiger partial charge is 0.329 e. The molecular formula is C61H94N6O14. The predicted octanol–water partition coefficient (Wildman–Crippen LogP) is 5.67. The lowest BCUT2D eigenvalue weighted by Gasteiger charge is -2.34. The molecule has 81 heavy (non-hydrogen) atoms. The molecule has 452 valence electrons. The number of rotatable bonds is 30. The molecule has 2 saturated heterocycles. The van der Waals surface area contributed by atoms with Gasteiger partial charge in [-0.3, -0.25) is 24.0 Å². The second-order valence-corrected chi connectivity index (χ2v) is 23.3. The van der Waals surface area contributed by atoms with E-state index in [-0.39, 0.29) is 61.6 Å². The highest BCUT2D eigenvalue weighted by Crippen LogP contribution is 2.25. The third kappa shape index (κ3) is 20.7. The van der Waals surface area contributed by atoms with Crippen molar-refractivity contribution in [1.29, 1.82) is 0 Å². The van der Waals surface area contributed by atoms with Gasteiger partial charge in [0, 0.05) is 71.5 Å². The van der Waals surface area contributed by atoms with Gasteiger partial charge in [-0.2, -0.15) is 0 Å². The van der Waals surface area contributed by atoms with E-state index in [1.54, 1.807) is 7.05 Å². The number of ketones is 1. The van der Waals surface area contributed by atoms with Crippen LogP contribution in [-0.4, -0.2) is 191 Å². The van der Waals surface area contributed by atoms with Crippen molar-refractivity contribution < 1.29 is 66.8 Å². The summed E-state index contributed by atoms with van der Waals surface area (Å²) < 4.78 is 34.7. The van der Waals surface area contributed by atoms with E-state index in [9.17, 15) is 38.4 Å². The van der Waals surface area contributed by atoms with Gasteiger partial charge in [0.1, 0.15) is 24.2 Å². The normalized spacial score (nSPS) is 16.8. The third-order valence-corrected chi connectivity index (χ3v) is 14.7. The molecular weight excluding hydrogens is 1040 g/mol. The number of anilines is 2. The second kappa shape index (κ2) is 32.5. The average Bonchev–Trinajstić information content (AvgIpc) is 3.46. The first-order valence-corrected chi connectivity index (χ1v) is 28.9. The molecule has 2 aliphatic heterocycles. The van der Waals surface area contributed by atoms with E-state index in [4.69, 9.17) is 28.4 Å². The van der Waals surface area contributed by atoms with Crippen LogP contribution in [0.3, 0.4) is 0 Å². The van der Waals surface area contributed by atoms with E-state index in [1.165, 1.54) is 51.7 Å². The molecule has 0 radical (unpaired) electrons. The summed E-state index contributed by atoms with van der Waals surface area (Å²) >= 11 is 0. The summed E-state index contributed by atoms with van der Waals surface area (Å²) in [6.45, 7) is 24.6. The molecule has 0 unspecified atom stereocenters. The molecule has 2 heterocycles. The Kier molecular flexibility index (Phi) is 27.0. The van der Waals surface area contributed by atoms with Crippen LogP contribution in [0.5, 0.6) is 0 Å². The van der Waals surface area contributed by atoms with Gasteiger partial charge in [0.2, 0.25) is 0 Å². The van der Waals surface area contributed by atoms with Crippen molar-refractivity contribution in [2.24, 2.45) is 23.7 Å². The maximum Gasteiger partial charge on any atom is 0.329 e. The molecule has 2 aromatic rings. The Balaban J connectivity index is 1.61. The van der Waals surface area contributed by atoms with E-state index >= 15 is 0 Å². The number of carbonyl (C=O) groups is 8. The zero-order valence-electron chi connectivity index (χ0n) is 50.9. The third-order valence-electron chi connectivity index (χ3n) is 14.7. The van der Waals surface area contributed by atoms with E-state index in [0.29, 0.717) is 51.5 Å². The predicted molar refractivity (Wildman–Crippen MR) is 308 cm³/mol. The lowest BCUT2D eigenvalue weighted by atomic mass is 10.00. The molecule has 2 fully saturated rings. The first-order valence-electron chi connectivity index (χ1n) is 28.9. The summed E-state index contributed by atoms with van der Waals surface area (Å²) in [6.07, 6.45) is -4.56. The Labute approximate surface area is 481 Å². The van der Waals surface area contributed by atoms with E-state index < -0.39 is 90.2 Å². The minimum absolute atomic E-state index is 0.0162. The molecule has 0 saturated carbocycles.